The van der Waals surface area contributed by atoms with Crippen molar-refractivity contribution in [2.45, 2.75) is 20.0 Å². The number of benzene rings is 1. The van der Waals surface area contributed by atoms with Gasteiger partial charge < -0.3 is 4.52 Å². The maximum absolute atomic E-state index is 13.3. The van der Waals surface area contributed by atoms with Crippen LogP contribution < -0.4 is 0 Å². The summed E-state index contributed by atoms with van der Waals surface area (Å²) in [6, 6.07) is 8.70. The highest BCUT2D eigenvalue weighted by molar-refractivity contribution is 6.10. The number of nitrogens with zero attached hydrogens (tertiary/aromatic N) is 1. The molecular weight excluding hydrogens is 221 g/mol. The number of aromatic nitrogens is 1. The molecule has 2 rings (SSSR count). The van der Waals surface area contributed by atoms with Crippen LogP contribution in [0.4, 0.5) is 4.39 Å². The lowest BCUT2D eigenvalue weighted by Gasteiger charge is -2.02. The van der Waals surface area contributed by atoms with Gasteiger partial charge in [-0.1, -0.05) is 35.5 Å². The second-order valence-electron chi connectivity index (χ2n) is 3.82. The van der Waals surface area contributed by atoms with Crippen molar-refractivity contribution in [2.24, 2.45) is 0 Å². The molecule has 0 radical (unpaired) electrons. The minimum absolute atomic E-state index is 0.00338. The molecule has 0 aliphatic rings. The maximum Gasteiger partial charge on any atom is 0.198 e. The molecule has 4 heteroatoms. The highest BCUT2D eigenvalue weighted by atomic mass is 19.1. The first-order valence-corrected chi connectivity index (χ1v) is 5.31. The van der Waals surface area contributed by atoms with Gasteiger partial charge in [0.15, 0.2) is 17.7 Å². The highest BCUT2D eigenvalue weighted by Gasteiger charge is 2.24. The molecule has 0 saturated heterocycles. The van der Waals surface area contributed by atoms with Crippen LogP contribution in [0.15, 0.2) is 34.9 Å². The average molecular weight is 233 g/mol. The van der Waals surface area contributed by atoms with E-state index in [1.54, 1.807) is 31.2 Å². The van der Waals surface area contributed by atoms with Crippen LogP contribution in [0, 0.1) is 6.92 Å². The van der Waals surface area contributed by atoms with Gasteiger partial charge in [0.25, 0.3) is 0 Å². The summed E-state index contributed by atoms with van der Waals surface area (Å²) in [7, 11) is 0. The van der Waals surface area contributed by atoms with Crippen molar-refractivity contribution < 1.29 is 13.7 Å². The quantitative estimate of drug-likeness (QED) is 0.764. The van der Waals surface area contributed by atoms with E-state index in [2.05, 4.69) is 5.16 Å². The molecule has 17 heavy (non-hydrogen) atoms. The van der Waals surface area contributed by atoms with Gasteiger partial charge in [-0.05, 0) is 13.8 Å². The monoisotopic (exact) mass is 233 g/mol. The number of ketones is 1. The summed E-state index contributed by atoms with van der Waals surface area (Å²) in [5.74, 6) is -0.264. The van der Waals surface area contributed by atoms with Gasteiger partial charge in [0.2, 0.25) is 0 Å². The molecular formula is C13H12FNO2. The number of aryl methyl sites for hydroxylation is 1. The summed E-state index contributed by atoms with van der Waals surface area (Å²) >= 11 is 0. The van der Waals surface area contributed by atoms with Crippen LogP contribution in [-0.4, -0.2) is 10.9 Å². The number of hydrogen-bond donors (Lipinski definition) is 0. The first-order chi connectivity index (χ1) is 8.11. The van der Waals surface area contributed by atoms with Crippen LogP contribution in [0.5, 0.6) is 0 Å². The van der Waals surface area contributed by atoms with E-state index in [0.29, 0.717) is 11.3 Å². The third kappa shape index (κ3) is 2.11. The summed E-state index contributed by atoms with van der Waals surface area (Å²) < 4.78 is 18.2. The van der Waals surface area contributed by atoms with Crippen LogP contribution in [-0.2, 0) is 0 Å². The Balaban J connectivity index is 2.48. The first-order valence-electron chi connectivity index (χ1n) is 5.31. The minimum atomic E-state index is -1.35. The second kappa shape index (κ2) is 4.49. The van der Waals surface area contributed by atoms with E-state index in [1.807, 2.05) is 6.07 Å². The van der Waals surface area contributed by atoms with E-state index in [1.165, 1.54) is 6.92 Å². The summed E-state index contributed by atoms with van der Waals surface area (Å²) in [6.07, 6.45) is -1.35. The minimum Gasteiger partial charge on any atom is -0.357 e. The third-order valence-electron chi connectivity index (χ3n) is 2.51. The van der Waals surface area contributed by atoms with Gasteiger partial charge in [-0.2, -0.15) is 0 Å². The van der Waals surface area contributed by atoms with E-state index < -0.39 is 6.17 Å². The molecule has 0 unspecified atom stereocenters. The van der Waals surface area contributed by atoms with Gasteiger partial charge in [-0.15, -0.1) is 0 Å². The second-order valence-corrected chi connectivity index (χ2v) is 3.82. The topological polar surface area (TPSA) is 43.1 Å². The Morgan fingerprint density at radius 3 is 2.59 bits per heavy atom. The van der Waals surface area contributed by atoms with Crippen molar-refractivity contribution in [3.05, 3.63) is 52.9 Å². The van der Waals surface area contributed by atoms with Gasteiger partial charge in [-0.3, -0.25) is 4.79 Å². The molecule has 0 aliphatic carbocycles. The average Bonchev–Trinajstić information content (AvgIpc) is 2.71. The molecule has 3 nitrogen and oxygen atoms in total. The number of rotatable bonds is 3. The molecule has 0 fully saturated rings. The van der Waals surface area contributed by atoms with Crippen LogP contribution >= 0.6 is 0 Å². The maximum atomic E-state index is 13.3. The van der Waals surface area contributed by atoms with E-state index in [4.69, 9.17) is 4.52 Å². The van der Waals surface area contributed by atoms with Gasteiger partial charge >= 0.3 is 0 Å². The summed E-state index contributed by atoms with van der Waals surface area (Å²) in [5.41, 5.74) is 1.14. The molecule has 1 aromatic heterocycles. The molecule has 1 heterocycles. The zero-order chi connectivity index (χ0) is 12.4. The number of halogens is 1. The van der Waals surface area contributed by atoms with Gasteiger partial charge in [0.1, 0.15) is 0 Å². The molecule has 0 spiro atoms. The number of carbonyl (C=O) groups excluding carboxylic acids is 1. The molecule has 1 aromatic carbocycles. The first kappa shape index (κ1) is 11.5. The van der Waals surface area contributed by atoms with Crippen molar-refractivity contribution in [1.82, 2.24) is 5.16 Å². The number of alkyl halides is 1. The summed E-state index contributed by atoms with van der Waals surface area (Å²) in [5, 5.41) is 3.65. The Labute approximate surface area is 98.2 Å². The van der Waals surface area contributed by atoms with Crippen LogP contribution in [0.1, 0.15) is 40.5 Å². The Morgan fingerprint density at radius 1 is 1.35 bits per heavy atom. The largest absolute Gasteiger partial charge is 0.357 e. The molecule has 0 saturated carbocycles. The normalized spacial score (nSPS) is 12.4. The highest BCUT2D eigenvalue weighted by Crippen LogP contribution is 2.25. The fourth-order valence-electron chi connectivity index (χ4n) is 1.67. The van der Waals surface area contributed by atoms with Crippen LogP contribution in [0.2, 0.25) is 0 Å². The van der Waals surface area contributed by atoms with Crippen LogP contribution in [0.3, 0.4) is 0 Å². The lowest BCUT2D eigenvalue weighted by Crippen LogP contribution is -2.05. The Bertz CT molecular complexity index is 532. The van der Waals surface area contributed by atoms with Gasteiger partial charge in [0, 0.05) is 5.56 Å². The summed E-state index contributed by atoms with van der Waals surface area (Å²) in [4.78, 5) is 12.2. The van der Waals surface area contributed by atoms with Crippen molar-refractivity contribution in [3.63, 3.8) is 0 Å². The molecule has 0 aliphatic heterocycles. The fourth-order valence-corrected chi connectivity index (χ4v) is 1.67. The molecule has 88 valence electrons. The lowest BCUT2D eigenvalue weighted by atomic mass is 10.0. The Hall–Kier alpha value is -1.97. The fraction of sp³-hybridized carbons (Fsp3) is 0.231. The van der Waals surface area contributed by atoms with E-state index >= 15 is 0 Å². The predicted octanol–water partition coefficient (Wildman–Crippen LogP) is 3.24. The standard InChI is InChI=1S/C13H12FNO2/c1-8(14)13-11(9(2)15-17-13)12(16)10-6-4-3-5-7-10/h3-8H,1-2H3/t8-/m1/s1. The van der Waals surface area contributed by atoms with Crippen LogP contribution in [0.25, 0.3) is 0 Å². The van der Waals surface area contributed by atoms with E-state index in [9.17, 15) is 9.18 Å². The molecule has 0 N–H and O–H groups in total. The van der Waals surface area contributed by atoms with E-state index in [-0.39, 0.29) is 17.1 Å². The zero-order valence-electron chi connectivity index (χ0n) is 9.61. The molecule has 1 atom stereocenters. The molecule has 2 aromatic rings. The van der Waals surface area contributed by atoms with Crippen molar-refractivity contribution in [2.75, 3.05) is 0 Å². The number of carbonyl (C=O) groups is 1. The Kier molecular flexibility index (Phi) is 3.04. The van der Waals surface area contributed by atoms with Crippen molar-refractivity contribution in [3.8, 4) is 0 Å². The third-order valence-corrected chi connectivity index (χ3v) is 2.51. The SMILES string of the molecule is Cc1noc([C@@H](C)F)c1C(=O)c1ccccc1. The van der Waals surface area contributed by atoms with E-state index in [0.717, 1.165) is 0 Å². The summed E-state index contributed by atoms with van der Waals surface area (Å²) in [6.45, 7) is 2.95. The predicted molar refractivity (Wildman–Crippen MR) is 60.6 cm³/mol. The van der Waals surface area contributed by atoms with Crippen molar-refractivity contribution >= 4 is 5.78 Å². The molecule has 0 amide bonds. The smallest absolute Gasteiger partial charge is 0.198 e. The van der Waals surface area contributed by atoms with Crippen molar-refractivity contribution in [1.29, 1.82) is 0 Å². The lowest BCUT2D eigenvalue weighted by molar-refractivity contribution is 0.103. The van der Waals surface area contributed by atoms with Gasteiger partial charge in [-0.25, -0.2) is 4.39 Å². The Morgan fingerprint density at radius 2 is 2.00 bits per heavy atom. The molecule has 0 bridgehead atoms. The van der Waals surface area contributed by atoms with Gasteiger partial charge in [0.05, 0.1) is 11.3 Å². The zero-order valence-corrected chi connectivity index (χ0v) is 9.61. The number of hydrogen-bond acceptors (Lipinski definition) is 3.